The molecule has 19 heavy (non-hydrogen) atoms. The third-order valence-electron chi connectivity index (χ3n) is 3.74. The van der Waals surface area contributed by atoms with Gasteiger partial charge in [-0.2, -0.15) is 0 Å². The Morgan fingerprint density at radius 2 is 2.32 bits per heavy atom. The molecule has 6 nitrogen and oxygen atoms in total. The molecule has 1 aromatic rings. The van der Waals surface area contributed by atoms with Gasteiger partial charge in [0.1, 0.15) is 5.41 Å². The molecule has 1 heterocycles. The number of nitrogens with zero attached hydrogens (tertiary/aromatic N) is 2. The first-order valence-electron chi connectivity index (χ1n) is 6.25. The molecule has 1 aliphatic rings. The monoisotopic (exact) mass is 282 g/mol. The van der Waals surface area contributed by atoms with E-state index in [1.807, 2.05) is 6.92 Å². The molecule has 1 amide bonds. The van der Waals surface area contributed by atoms with Crippen LogP contribution in [-0.4, -0.2) is 21.9 Å². The molecule has 0 spiro atoms. The molecule has 1 saturated carbocycles. The number of rotatable bonds is 4. The first-order valence-corrected chi connectivity index (χ1v) is 7.13. The molecule has 0 radical (unpaired) electrons. The first kappa shape index (κ1) is 13.8. The highest BCUT2D eigenvalue weighted by Gasteiger charge is 2.45. The predicted octanol–water partition coefficient (Wildman–Crippen LogP) is 1.37. The number of hydrogen-bond donors (Lipinski definition) is 3. The molecule has 1 aromatic heterocycles. The van der Waals surface area contributed by atoms with Crippen LogP contribution < -0.4 is 11.1 Å². The number of amidine groups is 1. The summed E-state index contributed by atoms with van der Waals surface area (Å²) in [7, 11) is 0. The molecule has 4 N–H and O–H groups in total. The van der Waals surface area contributed by atoms with E-state index in [-0.39, 0.29) is 11.7 Å². The van der Waals surface area contributed by atoms with E-state index in [1.54, 1.807) is 5.51 Å². The largest absolute Gasteiger partial charge is 0.409 e. The van der Waals surface area contributed by atoms with E-state index in [2.05, 4.69) is 15.5 Å². The predicted molar refractivity (Wildman–Crippen MR) is 73.0 cm³/mol. The summed E-state index contributed by atoms with van der Waals surface area (Å²) in [4.78, 5) is 17.5. The van der Waals surface area contributed by atoms with Crippen molar-refractivity contribution in [1.82, 2.24) is 10.3 Å². The Morgan fingerprint density at radius 1 is 1.63 bits per heavy atom. The van der Waals surface area contributed by atoms with Gasteiger partial charge in [0.2, 0.25) is 5.91 Å². The number of aromatic nitrogens is 1. The average molecular weight is 282 g/mol. The van der Waals surface area contributed by atoms with Crippen molar-refractivity contribution in [2.24, 2.45) is 16.3 Å². The number of amides is 1. The van der Waals surface area contributed by atoms with Gasteiger partial charge in [-0.3, -0.25) is 4.79 Å². The summed E-state index contributed by atoms with van der Waals surface area (Å²) in [5.74, 6) is -0.142. The van der Waals surface area contributed by atoms with Crippen LogP contribution in [0.2, 0.25) is 0 Å². The van der Waals surface area contributed by atoms with Gasteiger partial charge in [0.05, 0.1) is 17.7 Å². The van der Waals surface area contributed by atoms with E-state index in [9.17, 15) is 4.79 Å². The Bertz CT molecular complexity index is 492. The van der Waals surface area contributed by atoms with Crippen LogP contribution in [0.5, 0.6) is 0 Å². The van der Waals surface area contributed by atoms with Crippen molar-refractivity contribution in [3.8, 4) is 0 Å². The fourth-order valence-electron chi connectivity index (χ4n) is 2.50. The van der Waals surface area contributed by atoms with Crippen LogP contribution >= 0.6 is 11.3 Å². The summed E-state index contributed by atoms with van der Waals surface area (Å²) >= 11 is 1.51. The SMILES string of the molecule is Cc1ncsc1CNC(=O)C1(C(N)=NO)CCCC1. The lowest BCUT2D eigenvalue weighted by Crippen LogP contribution is -2.48. The zero-order valence-electron chi connectivity index (χ0n) is 10.8. The second-order valence-corrected chi connectivity index (χ2v) is 5.76. The standard InChI is InChI=1S/C12H18N4O2S/c1-8-9(19-7-15-8)6-14-11(17)12(10(13)16-18)4-2-3-5-12/h7,18H,2-6H2,1H3,(H2,13,16)(H,14,17). The lowest BCUT2D eigenvalue weighted by atomic mass is 9.84. The summed E-state index contributed by atoms with van der Waals surface area (Å²) in [5.41, 5.74) is 7.56. The van der Waals surface area contributed by atoms with Gasteiger partial charge in [-0.15, -0.1) is 11.3 Å². The Morgan fingerprint density at radius 3 is 2.84 bits per heavy atom. The zero-order chi connectivity index (χ0) is 13.9. The van der Waals surface area contributed by atoms with E-state index >= 15 is 0 Å². The van der Waals surface area contributed by atoms with Gasteiger partial charge in [0.15, 0.2) is 5.84 Å². The van der Waals surface area contributed by atoms with E-state index in [1.165, 1.54) is 11.3 Å². The number of carbonyl (C=O) groups excluding carboxylic acids is 1. The van der Waals surface area contributed by atoms with Gasteiger partial charge in [-0.25, -0.2) is 4.98 Å². The third kappa shape index (κ3) is 2.56. The maximum Gasteiger partial charge on any atom is 0.234 e. The molecule has 0 bridgehead atoms. The Balaban J connectivity index is 2.07. The maximum atomic E-state index is 12.4. The van der Waals surface area contributed by atoms with E-state index in [0.717, 1.165) is 23.4 Å². The number of oxime groups is 1. The van der Waals surface area contributed by atoms with Gasteiger partial charge in [-0.1, -0.05) is 18.0 Å². The highest BCUT2D eigenvalue weighted by atomic mass is 32.1. The van der Waals surface area contributed by atoms with Crippen molar-refractivity contribution in [3.63, 3.8) is 0 Å². The van der Waals surface area contributed by atoms with Gasteiger partial charge in [0, 0.05) is 4.88 Å². The molecule has 0 saturated heterocycles. The number of carbonyl (C=O) groups is 1. The smallest absolute Gasteiger partial charge is 0.234 e. The third-order valence-corrected chi connectivity index (χ3v) is 4.68. The minimum Gasteiger partial charge on any atom is -0.409 e. The molecule has 0 atom stereocenters. The summed E-state index contributed by atoms with van der Waals surface area (Å²) in [6.07, 6.45) is 3.11. The van der Waals surface area contributed by atoms with Gasteiger partial charge < -0.3 is 16.3 Å². The second kappa shape index (κ2) is 5.56. The molecular weight excluding hydrogens is 264 g/mol. The van der Waals surface area contributed by atoms with E-state index in [4.69, 9.17) is 10.9 Å². The number of hydrogen-bond acceptors (Lipinski definition) is 5. The normalized spacial score (nSPS) is 18.5. The number of nitrogens with one attached hydrogen (secondary N) is 1. The van der Waals surface area contributed by atoms with Crippen molar-refractivity contribution in [2.75, 3.05) is 0 Å². The minimum atomic E-state index is -0.840. The Labute approximate surface area is 115 Å². The fourth-order valence-corrected chi connectivity index (χ4v) is 3.22. The van der Waals surface area contributed by atoms with Crippen LogP contribution in [-0.2, 0) is 11.3 Å². The van der Waals surface area contributed by atoms with Crippen LogP contribution in [0.3, 0.4) is 0 Å². The summed E-state index contributed by atoms with van der Waals surface area (Å²) in [6, 6.07) is 0. The van der Waals surface area contributed by atoms with Crippen molar-refractivity contribution in [1.29, 1.82) is 0 Å². The minimum absolute atomic E-state index is 0.0172. The molecule has 1 fully saturated rings. The zero-order valence-corrected chi connectivity index (χ0v) is 11.7. The Hall–Kier alpha value is -1.63. The van der Waals surface area contributed by atoms with Crippen molar-refractivity contribution < 1.29 is 10.0 Å². The Kier molecular flexibility index (Phi) is 4.04. The van der Waals surface area contributed by atoms with Crippen molar-refractivity contribution >= 4 is 23.1 Å². The summed E-state index contributed by atoms with van der Waals surface area (Å²) in [6.45, 7) is 2.35. The topological polar surface area (TPSA) is 101 Å². The van der Waals surface area contributed by atoms with Crippen molar-refractivity contribution in [3.05, 3.63) is 16.1 Å². The average Bonchev–Trinajstić information content (AvgIpc) is 3.05. The number of nitrogens with two attached hydrogens (primary N) is 1. The molecule has 2 rings (SSSR count). The summed E-state index contributed by atoms with van der Waals surface area (Å²) in [5, 5.41) is 14.8. The molecule has 1 aliphatic carbocycles. The number of thiazole rings is 1. The van der Waals surface area contributed by atoms with Crippen LogP contribution in [0.25, 0.3) is 0 Å². The van der Waals surface area contributed by atoms with Crippen LogP contribution in [0.15, 0.2) is 10.7 Å². The molecule has 7 heteroatoms. The summed E-state index contributed by atoms with van der Waals surface area (Å²) < 4.78 is 0. The van der Waals surface area contributed by atoms with Crippen LogP contribution in [0.1, 0.15) is 36.3 Å². The molecule has 0 unspecified atom stereocenters. The second-order valence-electron chi connectivity index (χ2n) is 4.82. The first-order chi connectivity index (χ1) is 9.10. The van der Waals surface area contributed by atoms with E-state index < -0.39 is 5.41 Å². The highest BCUT2D eigenvalue weighted by Crippen LogP contribution is 2.38. The quantitative estimate of drug-likeness (QED) is 0.336. The highest BCUT2D eigenvalue weighted by molar-refractivity contribution is 7.09. The fraction of sp³-hybridized carbons (Fsp3) is 0.583. The lowest BCUT2D eigenvalue weighted by Gasteiger charge is -2.25. The molecule has 104 valence electrons. The van der Waals surface area contributed by atoms with Crippen LogP contribution in [0.4, 0.5) is 0 Å². The lowest BCUT2D eigenvalue weighted by molar-refractivity contribution is -0.127. The van der Waals surface area contributed by atoms with Gasteiger partial charge in [-0.05, 0) is 19.8 Å². The van der Waals surface area contributed by atoms with Crippen LogP contribution in [0, 0.1) is 12.3 Å². The molecular formula is C12H18N4O2S. The van der Waals surface area contributed by atoms with E-state index in [0.29, 0.717) is 19.4 Å². The number of aryl methyl sites for hydroxylation is 1. The molecule has 0 aliphatic heterocycles. The maximum absolute atomic E-state index is 12.4. The van der Waals surface area contributed by atoms with Gasteiger partial charge >= 0.3 is 0 Å². The van der Waals surface area contributed by atoms with Gasteiger partial charge in [0.25, 0.3) is 0 Å². The van der Waals surface area contributed by atoms with Crippen molar-refractivity contribution in [2.45, 2.75) is 39.2 Å². The molecule has 0 aromatic carbocycles.